The van der Waals surface area contributed by atoms with Crippen molar-refractivity contribution < 1.29 is 13.7 Å². The Morgan fingerprint density at radius 3 is 2.83 bits per heavy atom. The summed E-state index contributed by atoms with van der Waals surface area (Å²) >= 11 is 0. The number of rotatable bonds is 4. The summed E-state index contributed by atoms with van der Waals surface area (Å²) in [6.45, 7) is 3.84. The Bertz CT molecular complexity index is 538. The second-order valence-electron chi connectivity index (χ2n) is 4.19. The predicted octanol–water partition coefficient (Wildman–Crippen LogP) is 2.72. The molecule has 0 saturated heterocycles. The third kappa shape index (κ3) is 2.87. The van der Waals surface area contributed by atoms with Gasteiger partial charge in [0, 0.05) is 23.7 Å². The zero-order valence-corrected chi connectivity index (χ0v) is 10.3. The number of aromatic nitrogens is 1. The molecule has 0 radical (unpaired) electrons. The second-order valence-corrected chi connectivity index (χ2v) is 4.19. The largest absolute Gasteiger partial charge is 0.485 e. The highest BCUT2D eigenvalue weighted by Gasteiger charge is 2.10. The number of ether oxygens (including phenoxy) is 1. The van der Waals surface area contributed by atoms with E-state index in [0.29, 0.717) is 11.5 Å². The average molecular weight is 250 g/mol. The highest BCUT2D eigenvalue weighted by atomic mass is 19.1. The van der Waals surface area contributed by atoms with Gasteiger partial charge in [0.15, 0.2) is 5.76 Å². The third-order valence-electron chi connectivity index (χ3n) is 2.51. The maximum absolute atomic E-state index is 13.2. The molecule has 0 fully saturated rings. The van der Waals surface area contributed by atoms with Crippen molar-refractivity contribution in [2.24, 2.45) is 5.73 Å². The molecule has 5 heteroatoms. The minimum Gasteiger partial charge on any atom is -0.485 e. The number of benzene rings is 1. The molecule has 0 unspecified atom stereocenters. The Hall–Kier alpha value is -1.88. The number of hydrogen-bond donors (Lipinski definition) is 1. The highest BCUT2D eigenvalue weighted by molar-refractivity contribution is 5.36. The zero-order chi connectivity index (χ0) is 13.1. The molecule has 0 aliphatic heterocycles. The predicted molar refractivity (Wildman–Crippen MR) is 64.6 cm³/mol. The van der Waals surface area contributed by atoms with E-state index in [-0.39, 0.29) is 18.5 Å². The Morgan fingerprint density at radius 1 is 1.44 bits per heavy atom. The van der Waals surface area contributed by atoms with Crippen LogP contribution in [0.2, 0.25) is 0 Å². The van der Waals surface area contributed by atoms with Crippen LogP contribution in [0.4, 0.5) is 4.39 Å². The molecule has 0 saturated carbocycles. The first kappa shape index (κ1) is 12.6. The lowest BCUT2D eigenvalue weighted by Crippen LogP contribution is -2.08. The molecule has 0 amide bonds. The maximum Gasteiger partial charge on any atom is 0.174 e. The minimum atomic E-state index is -0.358. The van der Waals surface area contributed by atoms with Crippen molar-refractivity contribution in [2.75, 3.05) is 0 Å². The van der Waals surface area contributed by atoms with Crippen LogP contribution in [0.5, 0.6) is 5.75 Å². The number of nitrogens with two attached hydrogens (primary N) is 1. The molecule has 4 nitrogen and oxygen atoms in total. The van der Waals surface area contributed by atoms with Crippen molar-refractivity contribution >= 4 is 0 Å². The zero-order valence-electron chi connectivity index (χ0n) is 10.3. The van der Waals surface area contributed by atoms with E-state index in [4.69, 9.17) is 15.0 Å². The molecule has 1 aromatic heterocycles. The van der Waals surface area contributed by atoms with Crippen LogP contribution in [0.3, 0.4) is 0 Å². The van der Waals surface area contributed by atoms with Gasteiger partial charge in [-0.15, -0.1) is 0 Å². The fourth-order valence-electron chi connectivity index (χ4n) is 1.64. The summed E-state index contributed by atoms with van der Waals surface area (Å²) in [5.41, 5.74) is 7.33. The molecule has 0 aliphatic rings. The Kier molecular flexibility index (Phi) is 3.62. The molecule has 0 aliphatic carbocycles. The van der Waals surface area contributed by atoms with Gasteiger partial charge in [-0.25, -0.2) is 4.39 Å². The van der Waals surface area contributed by atoms with Crippen molar-refractivity contribution in [3.63, 3.8) is 0 Å². The number of halogens is 1. The molecule has 2 rings (SSSR count). The van der Waals surface area contributed by atoms with E-state index in [9.17, 15) is 4.39 Å². The molecule has 1 aromatic carbocycles. The van der Waals surface area contributed by atoms with E-state index in [1.807, 2.05) is 13.8 Å². The molecule has 1 heterocycles. The van der Waals surface area contributed by atoms with Crippen LogP contribution in [0.15, 0.2) is 28.8 Å². The Balaban J connectivity index is 2.15. The van der Waals surface area contributed by atoms with Gasteiger partial charge in [-0.2, -0.15) is 0 Å². The summed E-state index contributed by atoms with van der Waals surface area (Å²) in [7, 11) is 0. The molecule has 1 atom stereocenters. The van der Waals surface area contributed by atoms with Gasteiger partial charge in [-0.05, 0) is 19.9 Å². The molecular formula is C13H15FN2O2. The second kappa shape index (κ2) is 5.18. The summed E-state index contributed by atoms with van der Waals surface area (Å²) in [5.74, 6) is 0.662. The van der Waals surface area contributed by atoms with E-state index in [2.05, 4.69) is 5.16 Å². The fourth-order valence-corrected chi connectivity index (χ4v) is 1.64. The standard InChI is InChI=1S/C13H15FN2O2/c1-8-5-11(18-16-8)7-17-13-6-10(14)3-4-12(13)9(2)15/h3-6,9H,7,15H2,1-2H3/t9-/m1/s1. The number of nitrogens with zero attached hydrogens (tertiary/aromatic N) is 1. The molecule has 18 heavy (non-hydrogen) atoms. The van der Waals surface area contributed by atoms with Crippen molar-refractivity contribution in [3.05, 3.63) is 47.1 Å². The van der Waals surface area contributed by atoms with Gasteiger partial charge < -0.3 is 15.0 Å². The molecule has 2 aromatic rings. The van der Waals surface area contributed by atoms with Crippen molar-refractivity contribution in [1.29, 1.82) is 0 Å². The maximum atomic E-state index is 13.2. The first-order chi connectivity index (χ1) is 8.56. The Morgan fingerprint density at radius 2 is 2.22 bits per heavy atom. The van der Waals surface area contributed by atoms with Gasteiger partial charge in [0.1, 0.15) is 18.2 Å². The van der Waals surface area contributed by atoms with Gasteiger partial charge in [-0.3, -0.25) is 0 Å². The van der Waals surface area contributed by atoms with Gasteiger partial charge in [0.05, 0.1) is 5.69 Å². The first-order valence-electron chi connectivity index (χ1n) is 5.66. The van der Waals surface area contributed by atoms with Gasteiger partial charge >= 0.3 is 0 Å². The molecule has 96 valence electrons. The molecular weight excluding hydrogens is 235 g/mol. The summed E-state index contributed by atoms with van der Waals surface area (Å²) in [4.78, 5) is 0. The lowest BCUT2D eigenvalue weighted by atomic mass is 10.1. The van der Waals surface area contributed by atoms with Crippen molar-refractivity contribution in [3.8, 4) is 5.75 Å². The van der Waals surface area contributed by atoms with Crippen LogP contribution in [-0.2, 0) is 6.61 Å². The van der Waals surface area contributed by atoms with Crippen LogP contribution >= 0.6 is 0 Å². The minimum absolute atomic E-state index is 0.198. The van der Waals surface area contributed by atoms with Gasteiger partial charge in [-0.1, -0.05) is 11.2 Å². The quantitative estimate of drug-likeness (QED) is 0.906. The number of hydrogen-bond acceptors (Lipinski definition) is 4. The van der Waals surface area contributed by atoms with E-state index in [0.717, 1.165) is 11.3 Å². The third-order valence-corrected chi connectivity index (χ3v) is 2.51. The summed E-state index contributed by atoms with van der Waals surface area (Å²) in [6.07, 6.45) is 0. The average Bonchev–Trinajstić information content (AvgIpc) is 2.72. The van der Waals surface area contributed by atoms with Crippen LogP contribution in [0.25, 0.3) is 0 Å². The summed E-state index contributed by atoms with van der Waals surface area (Å²) in [5, 5.41) is 3.75. The Labute approximate surface area is 105 Å². The number of aryl methyl sites for hydroxylation is 1. The lowest BCUT2D eigenvalue weighted by molar-refractivity contribution is 0.245. The van der Waals surface area contributed by atoms with E-state index in [1.54, 1.807) is 12.1 Å². The smallest absolute Gasteiger partial charge is 0.174 e. The summed E-state index contributed by atoms with van der Waals surface area (Å²) < 4.78 is 23.7. The molecule has 2 N–H and O–H groups in total. The first-order valence-corrected chi connectivity index (χ1v) is 5.66. The van der Waals surface area contributed by atoms with Crippen LogP contribution in [0, 0.1) is 12.7 Å². The highest BCUT2D eigenvalue weighted by Crippen LogP contribution is 2.25. The normalized spacial score (nSPS) is 12.4. The topological polar surface area (TPSA) is 61.3 Å². The van der Waals surface area contributed by atoms with Crippen LogP contribution in [0.1, 0.15) is 30.0 Å². The van der Waals surface area contributed by atoms with Gasteiger partial charge in [0.25, 0.3) is 0 Å². The van der Waals surface area contributed by atoms with Crippen LogP contribution in [-0.4, -0.2) is 5.16 Å². The lowest BCUT2D eigenvalue weighted by Gasteiger charge is -2.13. The van der Waals surface area contributed by atoms with E-state index >= 15 is 0 Å². The fraction of sp³-hybridized carbons (Fsp3) is 0.308. The van der Waals surface area contributed by atoms with Crippen molar-refractivity contribution in [1.82, 2.24) is 5.16 Å². The van der Waals surface area contributed by atoms with E-state index in [1.165, 1.54) is 12.1 Å². The van der Waals surface area contributed by atoms with Crippen LogP contribution < -0.4 is 10.5 Å². The summed E-state index contributed by atoms with van der Waals surface area (Å²) in [6, 6.07) is 5.86. The molecule has 0 bridgehead atoms. The monoisotopic (exact) mass is 250 g/mol. The molecule has 0 spiro atoms. The van der Waals surface area contributed by atoms with Crippen molar-refractivity contribution in [2.45, 2.75) is 26.5 Å². The van der Waals surface area contributed by atoms with E-state index < -0.39 is 0 Å². The van der Waals surface area contributed by atoms with Gasteiger partial charge in [0.2, 0.25) is 0 Å². The SMILES string of the molecule is Cc1cc(COc2cc(F)ccc2[C@@H](C)N)on1.